The summed E-state index contributed by atoms with van der Waals surface area (Å²) in [6.07, 6.45) is -1.80. The van der Waals surface area contributed by atoms with Gasteiger partial charge in [0.1, 0.15) is 11.6 Å². The smallest absolute Gasteiger partial charge is 0.411 e. The Labute approximate surface area is 167 Å². The molecule has 160 valence electrons. The number of hydrogen-bond donors (Lipinski definition) is 1. The molecule has 0 aliphatic carbocycles. The number of piperidine rings is 1. The monoisotopic (exact) mass is 430 g/mol. The first-order valence-corrected chi connectivity index (χ1v) is 10.1. The van der Waals surface area contributed by atoms with E-state index in [1.807, 2.05) is 0 Å². The maximum absolute atomic E-state index is 12.5. The normalized spacial score (nSPS) is 20.2. The number of likely N-dealkylation sites (tertiary alicyclic amines) is 1. The molecule has 11 nitrogen and oxygen atoms in total. The molecule has 1 N–H and O–H groups in total. The van der Waals surface area contributed by atoms with E-state index in [4.69, 9.17) is 8.92 Å². The van der Waals surface area contributed by atoms with Gasteiger partial charge in [-0.1, -0.05) is 0 Å². The van der Waals surface area contributed by atoms with Crippen LogP contribution in [0.25, 0.3) is 0 Å². The minimum absolute atomic E-state index is 0.0188. The van der Waals surface area contributed by atoms with E-state index in [9.17, 15) is 33.2 Å². The molecule has 1 aromatic carbocycles. The maximum Gasteiger partial charge on any atom is 0.411 e. The van der Waals surface area contributed by atoms with Crippen LogP contribution < -0.4 is 0 Å². The average Bonchev–Trinajstić information content (AvgIpc) is 2.59. The Bertz CT molecular complexity index is 890. The van der Waals surface area contributed by atoms with Gasteiger partial charge < -0.3 is 9.84 Å². The molecular formula is C17H22N2O9S. The number of nitrogens with zero attached hydrogens (tertiary/aromatic N) is 2. The Hall–Kier alpha value is -2.73. The zero-order valence-electron chi connectivity index (χ0n) is 16.1. The molecule has 1 aromatic rings. The summed E-state index contributed by atoms with van der Waals surface area (Å²) in [4.78, 5) is 34.5. The van der Waals surface area contributed by atoms with Gasteiger partial charge in [0.15, 0.2) is 0 Å². The molecule has 1 aliphatic rings. The fourth-order valence-corrected chi connectivity index (χ4v) is 3.86. The minimum atomic E-state index is -4.27. The molecule has 12 heteroatoms. The second kappa shape index (κ2) is 8.33. The van der Waals surface area contributed by atoms with Crippen molar-refractivity contribution in [1.29, 1.82) is 0 Å². The molecule has 29 heavy (non-hydrogen) atoms. The molecule has 1 saturated heterocycles. The van der Waals surface area contributed by atoms with Crippen LogP contribution in [0, 0.1) is 10.1 Å². The SMILES string of the molecule is CC(C)(C)OC(=O)N1C[C@@H](OS(=O)(=O)c2ccc([N+](=O)[O-])cc2)CC[C@H]1C(=O)O. The summed E-state index contributed by atoms with van der Waals surface area (Å²) in [5, 5.41) is 20.1. The highest BCUT2D eigenvalue weighted by Crippen LogP contribution is 2.26. The molecule has 0 saturated carbocycles. The van der Waals surface area contributed by atoms with Crippen molar-refractivity contribution < 1.29 is 37.0 Å². The molecule has 0 radical (unpaired) electrons. The number of carbonyl (C=O) groups excluding carboxylic acids is 1. The Morgan fingerprint density at radius 2 is 1.79 bits per heavy atom. The lowest BCUT2D eigenvalue weighted by molar-refractivity contribution is -0.384. The highest BCUT2D eigenvalue weighted by Gasteiger charge is 2.40. The number of rotatable bonds is 5. The lowest BCUT2D eigenvalue weighted by Gasteiger charge is -2.37. The Morgan fingerprint density at radius 1 is 1.21 bits per heavy atom. The molecule has 0 aromatic heterocycles. The molecule has 1 fully saturated rings. The minimum Gasteiger partial charge on any atom is -0.480 e. The number of benzene rings is 1. The van der Waals surface area contributed by atoms with Crippen molar-refractivity contribution in [2.24, 2.45) is 0 Å². The summed E-state index contributed by atoms with van der Waals surface area (Å²) in [5.41, 5.74) is -1.14. The van der Waals surface area contributed by atoms with Crippen LogP contribution in [-0.2, 0) is 23.8 Å². The van der Waals surface area contributed by atoms with Crippen LogP contribution in [0.4, 0.5) is 10.5 Å². The van der Waals surface area contributed by atoms with Crippen molar-refractivity contribution in [2.75, 3.05) is 6.54 Å². The van der Waals surface area contributed by atoms with E-state index in [1.165, 1.54) is 0 Å². The molecule has 1 aliphatic heterocycles. The first-order chi connectivity index (χ1) is 13.3. The van der Waals surface area contributed by atoms with Gasteiger partial charge in [0, 0.05) is 12.1 Å². The Balaban J connectivity index is 2.17. The van der Waals surface area contributed by atoms with E-state index in [0.717, 1.165) is 29.2 Å². The molecule has 2 atom stereocenters. The van der Waals surface area contributed by atoms with Gasteiger partial charge in [0.25, 0.3) is 15.8 Å². The van der Waals surface area contributed by atoms with Crippen LogP contribution in [-0.4, -0.2) is 59.7 Å². The summed E-state index contributed by atoms with van der Waals surface area (Å²) in [5.74, 6) is -1.23. The number of carboxylic acid groups (broad SMARTS) is 1. The average molecular weight is 430 g/mol. The summed E-state index contributed by atoms with van der Waals surface area (Å²) < 4.78 is 35.3. The maximum atomic E-state index is 12.5. The van der Waals surface area contributed by atoms with Gasteiger partial charge in [-0.25, -0.2) is 9.59 Å². The first-order valence-electron chi connectivity index (χ1n) is 8.70. The van der Waals surface area contributed by atoms with Gasteiger partial charge in [-0.05, 0) is 45.7 Å². The quantitative estimate of drug-likeness (QED) is 0.420. The highest BCUT2D eigenvalue weighted by molar-refractivity contribution is 7.86. The van der Waals surface area contributed by atoms with Crippen molar-refractivity contribution in [1.82, 2.24) is 4.90 Å². The standard InChI is InChI=1S/C17H22N2O9S/c1-17(2,3)27-16(22)18-10-12(6-9-14(18)15(20)21)28-29(25,26)13-7-4-11(5-8-13)19(23)24/h4-5,7-8,12,14H,6,9-10H2,1-3H3,(H,20,21)/t12-,14-/m0/s1. The fraction of sp³-hybridized carbons (Fsp3) is 0.529. The lowest BCUT2D eigenvalue weighted by Crippen LogP contribution is -2.54. The van der Waals surface area contributed by atoms with E-state index < -0.39 is 44.9 Å². The van der Waals surface area contributed by atoms with Crippen molar-refractivity contribution in [3.05, 3.63) is 34.4 Å². The van der Waals surface area contributed by atoms with Crippen LogP contribution in [0.5, 0.6) is 0 Å². The van der Waals surface area contributed by atoms with Crippen molar-refractivity contribution >= 4 is 27.9 Å². The van der Waals surface area contributed by atoms with E-state index in [1.54, 1.807) is 20.8 Å². The number of carbonyl (C=O) groups is 2. The third-order valence-electron chi connectivity index (χ3n) is 4.05. The van der Waals surface area contributed by atoms with E-state index in [0.29, 0.717) is 0 Å². The van der Waals surface area contributed by atoms with Gasteiger partial charge >= 0.3 is 12.1 Å². The van der Waals surface area contributed by atoms with E-state index in [-0.39, 0.29) is 30.0 Å². The summed E-state index contributed by atoms with van der Waals surface area (Å²) in [6, 6.07) is 2.99. The van der Waals surface area contributed by atoms with Gasteiger partial charge in [-0.15, -0.1) is 0 Å². The molecule has 1 heterocycles. The predicted octanol–water partition coefficient (Wildman–Crippen LogP) is 2.15. The van der Waals surface area contributed by atoms with Crippen LogP contribution in [0.1, 0.15) is 33.6 Å². The zero-order valence-corrected chi connectivity index (χ0v) is 16.9. The number of amides is 1. The lowest BCUT2D eigenvalue weighted by atomic mass is 10.0. The number of hydrogen-bond acceptors (Lipinski definition) is 8. The number of aliphatic carboxylic acids is 1. The van der Waals surface area contributed by atoms with Crippen molar-refractivity contribution in [2.45, 2.75) is 56.3 Å². The molecule has 0 spiro atoms. The van der Waals surface area contributed by atoms with Crippen LogP contribution >= 0.6 is 0 Å². The number of ether oxygens (including phenoxy) is 1. The Morgan fingerprint density at radius 3 is 2.28 bits per heavy atom. The number of nitro benzene ring substituents is 1. The molecular weight excluding hydrogens is 408 g/mol. The number of non-ortho nitro benzene ring substituents is 1. The largest absolute Gasteiger partial charge is 0.480 e. The van der Waals surface area contributed by atoms with E-state index in [2.05, 4.69) is 0 Å². The van der Waals surface area contributed by atoms with Gasteiger partial charge in [0.05, 0.1) is 22.5 Å². The van der Waals surface area contributed by atoms with Crippen LogP contribution in [0.15, 0.2) is 29.2 Å². The van der Waals surface area contributed by atoms with E-state index >= 15 is 0 Å². The summed E-state index contributed by atoms with van der Waals surface area (Å²) in [7, 11) is -4.27. The Kier molecular flexibility index (Phi) is 6.48. The predicted molar refractivity (Wildman–Crippen MR) is 98.8 cm³/mol. The third kappa shape index (κ3) is 5.87. The molecule has 2 rings (SSSR count). The van der Waals surface area contributed by atoms with Crippen LogP contribution in [0.2, 0.25) is 0 Å². The highest BCUT2D eigenvalue weighted by atomic mass is 32.2. The van der Waals surface area contributed by atoms with Gasteiger partial charge in [-0.2, -0.15) is 8.42 Å². The topological polar surface area (TPSA) is 153 Å². The molecule has 0 bridgehead atoms. The second-order valence-electron chi connectivity index (χ2n) is 7.49. The summed E-state index contributed by atoms with van der Waals surface area (Å²) >= 11 is 0. The van der Waals surface area contributed by atoms with Gasteiger partial charge in [-0.3, -0.25) is 19.2 Å². The molecule has 0 unspecified atom stereocenters. The number of nitro groups is 1. The zero-order chi connectivity index (χ0) is 22.0. The van der Waals surface area contributed by atoms with Crippen molar-refractivity contribution in [3.63, 3.8) is 0 Å². The fourth-order valence-electron chi connectivity index (χ4n) is 2.76. The molecule has 1 amide bonds. The number of carboxylic acids is 1. The van der Waals surface area contributed by atoms with Crippen molar-refractivity contribution in [3.8, 4) is 0 Å². The summed E-state index contributed by atoms with van der Waals surface area (Å²) in [6.45, 7) is 4.57. The second-order valence-corrected chi connectivity index (χ2v) is 9.06. The van der Waals surface area contributed by atoms with Crippen LogP contribution in [0.3, 0.4) is 0 Å². The van der Waals surface area contributed by atoms with Gasteiger partial charge in [0.2, 0.25) is 0 Å². The first kappa shape index (κ1) is 22.6. The third-order valence-corrected chi connectivity index (χ3v) is 5.43.